The molecule has 0 amide bonds. The molecular weight excluding hydrogens is 493 g/mol. The molecule has 30 heavy (non-hydrogen) atoms. The second-order valence-electron chi connectivity index (χ2n) is 7.20. The van der Waals surface area contributed by atoms with Gasteiger partial charge in [0, 0.05) is 57.3 Å². The van der Waals surface area contributed by atoms with Gasteiger partial charge in [0.1, 0.15) is 5.82 Å². The van der Waals surface area contributed by atoms with E-state index in [1.165, 1.54) is 11.3 Å². The zero-order valence-electron chi connectivity index (χ0n) is 18.5. The molecule has 0 radical (unpaired) electrons. The molecule has 0 unspecified atom stereocenters. The van der Waals surface area contributed by atoms with Crippen molar-refractivity contribution in [3.63, 3.8) is 0 Å². The summed E-state index contributed by atoms with van der Waals surface area (Å²) >= 11 is 0. The predicted octanol–water partition coefficient (Wildman–Crippen LogP) is 2.45. The van der Waals surface area contributed by atoms with Gasteiger partial charge in [0.2, 0.25) is 0 Å². The van der Waals surface area contributed by atoms with Crippen LogP contribution in [0.4, 0.5) is 5.82 Å². The van der Waals surface area contributed by atoms with E-state index in [9.17, 15) is 0 Å². The van der Waals surface area contributed by atoms with Gasteiger partial charge in [0.15, 0.2) is 5.96 Å². The van der Waals surface area contributed by atoms with Crippen molar-refractivity contribution in [2.24, 2.45) is 4.99 Å². The molecule has 8 nitrogen and oxygen atoms in total. The molecule has 0 atom stereocenters. The highest BCUT2D eigenvalue weighted by atomic mass is 127. The van der Waals surface area contributed by atoms with Crippen molar-refractivity contribution in [3.05, 3.63) is 41.3 Å². The van der Waals surface area contributed by atoms with Crippen LogP contribution >= 0.6 is 24.0 Å². The second-order valence-corrected chi connectivity index (χ2v) is 7.20. The summed E-state index contributed by atoms with van der Waals surface area (Å²) in [6.07, 6.45) is 1.85. The standard InChI is InChI=1S/C21H33N7O.HI/c1-5-22-21(24-16-19-17(2)25-28(18(19)3)14-15-29-4)27-12-10-26(11-13-27)20-8-6-7-9-23-20;/h6-9H,5,10-16H2,1-4H3,(H,22,24);1H. The Balaban J connectivity index is 0.00000320. The normalized spacial score (nSPS) is 14.6. The van der Waals surface area contributed by atoms with Crippen LogP contribution in [0.15, 0.2) is 29.4 Å². The third-order valence-electron chi connectivity index (χ3n) is 5.31. The fourth-order valence-electron chi connectivity index (χ4n) is 3.63. The topological polar surface area (TPSA) is 70.8 Å². The van der Waals surface area contributed by atoms with Crippen LogP contribution in [-0.2, 0) is 17.8 Å². The quantitative estimate of drug-likeness (QED) is 0.339. The summed E-state index contributed by atoms with van der Waals surface area (Å²) in [6.45, 7) is 12.9. The van der Waals surface area contributed by atoms with Gasteiger partial charge >= 0.3 is 0 Å². The zero-order chi connectivity index (χ0) is 20.6. The van der Waals surface area contributed by atoms with Crippen LogP contribution in [0.2, 0.25) is 0 Å². The molecule has 2 aromatic rings. The summed E-state index contributed by atoms with van der Waals surface area (Å²) in [5.41, 5.74) is 3.40. The van der Waals surface area contributed by atoms with Crippen molar-refractivity contribution in [2.45, 2.75) is 33.9 Å². The lowest BCUT2D eigenvalue weighted by Gasteiger charge is -2.37. The van der Waals surface area contributed by atoms with Crippen LogP contribution in [-0.4, -0.2) is 72.1 Å². The number of hydrogen-bond acceptors (Lipinski definition) is 5. The Labute approximate surface area is 196 Å². The van der Waals surface area contributed by atoms with E-state index in [1.54, 1.807) is 7.11 Å². The molecule has 2 aromatic heterocycles. The molecule has 1 N–H and O–H groups in total. The molecule has 0 bridgehead atoms. The average molecular weight is 527 g/mol. The molecule has 0 spiro atoms. The summed E-state index contributed by atoms with van der Waals surface area (Å²) in [4.78, 5) is 14.1. The van der Waals surface area contributed by atoms with E-state index in [0.29, 0.717) is 13.2 Å². The predicted molar refractivity (Wildman–Crippen MR) is 132 cm³/mol. The van der Waals surface area contributed by atoms with Crippen molar-refractivity contribution in [3.8, 4) is 0 Å². The Morgan fingerprint density at radius 1 is 1.20 bits per heavy atom. The molecule has 9 heteroatoms. The molecule has 0 saturated carbocycles. The molecule has 1 saturated heterocycles. The number of aromatic nitrogens is 3. The number of aliphatic imine (C=N–C) groups is 1. The van der Waals surface area contributed by atoms with E-state index < -0.39 is 0 Å². The number of piperazine rings is 1. The number of rotatable bonds is 7. The van der Waals surface area contributed by atoms with Crippen LogP contribution in [0, 0.1) is 13.8 Å². The number of guanidine groups is 1. The Hall–Kier alpha value is -1.88. The molecule has 166 valence electrons. The SMILES string of the molecule is CCNC(=NCc1c(C)nn(CCOC)c1C)N1CCN(c2ccccn2)CC1.I. The Kier molecular flexibility index (Phi) is 9.83. The van der Waals surface area contributed by atoms with Gasteiger partial charge in [0.05, 0.1) is 25.4 Å². The minimum absolute atomic E-state index is 0. The lowest BCUT2D eigenvalue weighted by molar-refractivity contribution is 0.182. The molecule has 0 aromatic carbocycles. The first kappa shape index (κ1) is 24.4. The molecule has 3 rings (SSSR count). The minimum atomic E-state index is 0. The van der Waals surface area contributed by atoms with E-state index in [-0.39, 0.29) is 24.0 Å². The smallest absolute Gasteiger partial charge is 0.194 e. The summed E-state index contributed by atoms with van der Waals surface area (Å²) in [7, 11) is 1.72. The fourth-order valence-corrected chi connectivity index (χ4v) is 3.63. The van der Waals surface area contributed by atoms with E-state index in [0.717, 1.165) is 56.7 Å². The Morgan fingerprint density at radius 3 is 2.60 bits per heavy atom. The van der Waals surface area contributed by atoms with Crippen molar-refractivity contribution in [2.75, 3.05) is 51.3 Å². The minimum Gasteiger partial charge on any atom is -0.383 e. The van der Waals surface area contributed by atoms with Gasteiger partial charge in [-0.05, 0) is 32.9 Å². The van der Waals surface area contributed by atoms with Gasteiger partial charge < -0.3 is 19.9 Å². The first-order chi connectivity index (χ1) is 14.1. The lowest BCUT2D eigenvalue weighted by Crippen LogP contribution is -2.52. The third kappa shape index (κ3) is 6.07. The third-order valence-corrected chi connectivity index (χ3v) is 5.31. The number of hydrogen-bond donors (Lipinski definition) is 1. The van der Waals surface area contributed by atoms with E-state index >= 15 is 0 Å². The number of aryl methyl sites for hydroxylation is 1. The van der Waals surface area contributed by atoms with E-state index in [2.05, 4.69) is 52.0 Å². The van der Waals surface area contributed by atoms with Gasteiger partial charge in [-0.2, -0.15) is 5.10 Å². The average Bonchev–Trinajstić information content (AvgIpc) is 3.03. The highest BCUT2D eigenvalue weighted by Gasteiger charge is 2.20. The maximum Gasteiger partial charge on any atom is 0.194 e. The van der Waals surface area contributed by atoms with Crippen molar-refractivity contribution in [1.29, 1.82) is 0 Å². The number of nitrogens with zero attached hydrogens (tertiary/aromatic N) is 6. The fraction of sp³-hybridized carbons (Fsp3) is 0.571. The lowest BCUT2D eigenvalue weighted by atomic mass is 10.2. The van der Waals surface area contributed by atoms with Crippen molar-refractivity contribution < 1.29 is 4.74 Å². The number of ether oxygens (including phenoxy) is 1. The summed E-state index contributed by atoms with van der Waals surface area (Å²) in [6, 6.07) is 6.07. The highest BCUT2D eigenvalue weighted by molar-refractivity contribution is 14.0. The van der Waals surface area contributed by atoms with Crippen LogP contribution in [0.5, 0.6) is 0 Å². The van der Waals surface area contributed by atoms with Crippen LogP contribution < -0.4 is 10.2 Å². The largest absolute Gasteiger partial charge is 0.383 e. The molecule has 1 aliphatic heterocycles. The van der Waals surface area contributed by atoms with Crippen molar-refractivity contribution in [1.82, 2.24) is 25.0 Å². The zero-order valence-corrected chi connectivity index (χ0v) is 20.8. The van der Waals surface area contributed by atoms with E-state index in [1.807, 2.05) is 23.0 Å². The number of anilines is 1. The maximum absolute atomic E-state index is 5.19. The van der Waals surface area contributed by atoms with E-state index in [4.69, 9.17) is 9.73 Å². The number of methoxy groups -OCH3 is 1. The van der Waals surface area contributed by atoms with Crippen molar-refractivity contribution >= 4 is 35.8 Å². The van der Waals surface area contributed by atoms with Gasteiger partial charge in [-0.1, -0.05) is 6.07 Å². The Morgan fingerprint density at radius 2 is 1.97 bits per heavy atom. The molecule has 1 fully saturated rings. The molecule has 1 aliphatic rings. The maximum atomic E-state index is 5.19. The first-order valence-electron chi connectivity index (χ1n) is 10.3. The Bertz CT molecular complexity index is 801. The number of nitrogens with one attached hydrogen (secondary N) is 1. The monoisotopic (exact) mass is 527 g/mol. The number of pyridine rings is 1. The van der Waals surface area contributed by atoms with Crippen LogP contribution in [0.25, 0.3) is 0 Å². The van der Waals surface area contributed by atoms with Gasteiger partial charge in [-0.25, -0.2) is 9.98 Å². The molecular formula is C21H34IN7O. The van der Waals surface area contributed by atoms with Gasteiger partial charge in [0.25, 0.3) is 0 Å². The second kappa shape index (κ2) is 12.1. The highest BCUT2D eigenvalue weighted by Crippen LogP contribution is 2.16. The summed E-state index contributed by atoms with van der Waals surface area (Å²) < 4.78 is 7.20. The number of halogens is 1. The molecule has 0 aliphatic carbocycles. The molecule has 3 heterocycles. The van der Waals surface area contributed by atoms with Crippen LogP contribution in [0.1, 0.15) is 23.9 Å². The summed E-state index contributed by atoms with van der Waals surface area (Å²) in [5.74, 6) is 2.01. The van der Waals surface area contributed by atoms with Crippen LogP contribution in [0.3, 0.4) is 0 Å². The summed E-state index contributed by atoms with van der Waals surface area (Å²) in [5, 5.41) is 8.10. The van der Waals surface area contributed by atoms with Gasteiger partial charge in [-0.3, -0.25) is 4.68 Å². The van der Waals surface area contributed by atoms with Gasteiger partial charge in [-0.15, -0.1) is 24.0 Å². The first-order valence-corrected chi connectivity index (χ1v) is 10.3.